The number of hydrogen-bond acceptors (Lipinski definition) is 16. The molecule has 3 saturated heterocycles. The minimum absolute atomic E-state index is 0. The first-order valence-corrected chi connectivity index (χ1v) is 36.9. The number of rotatable bonds is 10. The van der Waals surface area contributed by atoms with E-state index < -0.39 is 5.97 Å². The summed E-state index contributed by atoms with van der Waals surface area (Å²) in [6.45, 7) is 16.0. The van der Waals surface area contributed by atoms with Gasteiger partial charge in [-0.25, -0.2) is 34.4 Å². The topological polar surface area (TPSA) is 257 Å². The third-order valence-corrected chi connectivity index (χ3v) is 20.8. The van der Waals surface area contributed by atoms with Crippen LogP contribution >= 0.6 is 128 Å². The fraction of sp³-hybridized carbons (Fsp3) is 0.371. The second-order valence-electron chi connectivity index (χ2n) is 24.3. The number of H-pyrrole nitrogens is 1. The normalized spacial score (nSPS) is 16.3. The molecule has 36 heteroatoms. The van der Waals surface area contributed by atoms with Crippen LogP contribution < -0.4 is 39.4 Å². The Kier molecular flexibility index (Phi) is 36.2. The molecule has 0 bridgehead atoms. The Bertz CT molecular complexity index is 4570. The van der Waals surface area contributed by atoms with E-state index in [1.54, 1.807) is 52.1 Å². The average molecular weight is 1680 g/mol. The van der Waals surface area contributed by atoms with Gasteiger partial charge in [-0.15, -0.1) is 23.2 Å². The summed E-state index contributed by atoms with van der Waals surface area (Å²) in [6, 6.07) is 29.4. The Morgan fingerprint density at radius 3 is 1.61 bits per heavy atom. The minimum atomic E-state index is -1.11. The summed E-state index contributed by atoms with van der Waals surface area (Å²) in [5.41, 5.74) is 6.86. The van der Waals surface area contributed by atoms with Crippen molar-refractivity contribution in [2.45, 2.75) is 78.6 Å². The molecule has 106 heavy (non-hydrogen) atoms. The van der Waals surface area contributed by atoms with Gasteiger partial charge in [0.2, 0.25) is 17.7 Å². The van der Waals surface area contributed by atoms with E-state index in [-0.39, 0.29) is 111 Å². The predicted molar refractivity (Wildman–Crippen MR) is 424 cm³/mol. The molecule has 2 aromatic carbocycles. The molecule has 559 valence electrons. The number of aliphatic hydroxyl groups excluding tert-OH is 1. The number of anilines is 2. The summed E-state index contributed by atoms with van der Waals surface area (Å²) in [5, 5.41) is 38.8. The maximum absolute atomic E-state index is 12.7. The van der Waals surface area contributed by atoms with Gasteiger partial charge in [0, 0.05) is 148 Å². The van der Waals surface area contributed by atoms with E-state index >= 15 is 0 Å². The van der Waals surface area contributed by atoms with Crippen molar-refractivity contribution >= 4 is 204 Å². The second kappa shape index (κ2) is 43.0. The number of piperazine rings is 3. The fourth-order valence-electron chi connectivity index (χ4n) is 11.6. The van der Waals surface area contributed by atoms with E-state index in [4.69, 9.17) is 138 Å². The van der Waals surface area contributed by atoms with Crippen LogP contribution in [0.2, 0.25) is 46.1 Å². The fourth-order valence-corrected chi connectivity index (χ4v) is 13.5. The van der Waals surface area contributed by atoms with Gasteiger partial charge in [0.1, 0.15) is 55.0 Å². The number of hydrogen-bond donors (Lipinski definition) is 3. The Labute approximate surface area is 695 Å². The molecule has 3 amide bonds. The summed E-state index contributed by atoms with van der Waals surface area (Å²) in [5.74, 6) is -0.246. The molecule has 23 nitrogen and oxygen atoms in total. The van der Waals surface area contributed by atoms with Crippen LogP contribution in [0.3, 0.4) is 0 Å². The molecular weight excluding hydrogens is 1600 g/mol. The van der Waals surface area contributed by atoms with E-state index in [0.717, 1.165) is 113 Å². The SMILES string of the molecule is C.CC1CC(N2CCN(C(=O)CCl)CC2)CCC1Cl.Cc1cc(N2CCN(C(=O)Cn3cc4ccc(Cl)nc4n3)CC2)ccc1Cl.Cc1cc(N2CCN(C(=O)Cn3ncc4ccc(Cl)nc43)CC2)ccc1Cl.Clc1ccc2cn[nH]c2n1.O=C(O)c1ccc(Cl)nc1Cl.OCc1ccc(Cl)nc1Cl.[B].[H-].[Na+]. The Hall–Kier alpha value is -5.75. The van der Waals surface area contributed by atoms with Gasteiger partial charge < -0.3 is 36.1 Å². The summed E-state index contributed by atoms with van der Waals surface area (Å²) < 4.78 is 3.24. The number of pyridine rings is 5. The molecule has 3 N–H and O–H groups in total. The Morgan fingerprint density at radius 1 is 0.575 bits per heavy atom. The molecule has 1 aliphatic carbocycles. The number of nitrogens with zero attached hydrogens (tertiary/aromatic N) is 16. The van der Waals surface area contributed by atoms with Gasteiger partial charge in [-0.05, 0) is 141 Å². The number of carbonyl (C=O) groups is 4. The zero-order chi connectivity index (χ0) is 74.0. The molecule has 14 rings (SSSR count). The van der Waals surface area contributed by atoms with Crippen LogP contribution in [-0.4, -0.2) is 212 Å². The van der Waals surface area contributed by atoms with E-state index in [9.17, 15) is 19.2 Å². The number of benzene rings is 2. The number of aromatic carboxylic acids is 1. The second-order valence-corrected chi connectivity index (χ2v) is 28.6. The Morgan fingerprint density at radius 2 is 1.08 bits per heavy atom. The van der Waals surface area contributed by atoms with E-state index in [0.29, 0.717) is 81.0 Å². The van der Waals surface area contributed by atoms with Gasteiger partial charge in [0.05, 0.1) is 24.6 Å². The van der Waals surface area contributed by atoms with Crippen LogP contribution in [0.4, 0.5) is 11.4 Å². The van der Waals surface area contributed by atoms with E-state index in [1.165, 1.54) is 25.0 Å². The maximum Gasteiger partial charge on any atom is 1.00 e. The van der Waals surface area contributed by atoms with Crippen LogP contribution in [0.5, 0.6) is 0 Å². The number of halogens is 11. The smallest absolute Gasteiger partial charge is 1.00 e. The van der Waals surface area contributed by atoms with Gasteiger partial charge in [0.25, 0.3) is 0 Å². The number of amides is 3. The standard InChI is InChI=1S/2C19H19Cl2N5O.C13H22Cl2N2O.C6H3Cl2NO2.C6H5Cl2NO.C6H4ClN3.CH4.B.Na.H/c1-13-10-15(3-4-16(13)20)24-6-8-25(9-7-24)18(27)12-26-11-14-2-5-17(21)22-19(14)23-26;1-13-10-15(3-4-16(13)20)24-6-8-25(9-7-24)18(27)12-26-19-14(11-22-26)2-5-17(21)23-19;1-10-8-11(2-3-12(10)15)16-4-6-17(7-5-16)13(18)9-14;7-4-2-1-3(6(10)11)5(8)9-4;7-5-2-1-4(3-10)6(8)9-5;7-5-2-1-4-3-8-10-6(4)9-5;;;;/h2*2-5,10-11H,6-9,12H2,1H3;10-12H,2-9H2,1H3;1-2H,(H,10,11);1-2,10H,3H2;1-3H,(H,8,9,10);1H4;;;/q;;;;;;;;+1;-1. The number of alkyl halides is 2. The third kappa shape index (κ3) is 25.4. The molecule has 1 saturated carbocycles. The minimum Gasteiger partial charge on any atom is -1.00 e. The number of aromatic amines is 1. The van der Waals surface area contributed by atoms with Crippen molar-refractivity contribution in [1.82, 2.24) is 74.3 Å². The summed E-state index contributed by atoms with van der Waals surface area (Å²) in [4.78, 5) is 79.6. The molecule has 3 atom stereocenters. The quantitative estimate of drug-likeness (QED) is 0.0653. The number of carbonyl (C=O) groups excluding carboxylic acids is 3. The number of carboxylic acid groups (broad SMARTS) is 1. The van der Waals surface area contributed by atoms with E-state index in [2.05, 4.69) is 79.1 Å². The van der Waals surface area contributed by atoms with Crippen LogP contribution in [-0.2, 0) is 34.1 Å². The number of aliphatic hydroxyl groups is 1. The first-order valence-electron chi connectivity index (χ1n) is 32.5. The largest absolute Gasteiger partial charge is 1.00 e. The number of aromatic nitrogens is 11. The summed E-state index contributed by atoms with van der Waals surface area (Å²) in [6.07, 6.45) is 8.74. The summed E-state index contributed by atoms with van der Waals surface area (Å²) >= 11 is 63.5. The molecule has 3 unspecified atom stereocenters. The monoisotopic (exact) mass is 1670 g/mol. The number of aryl methyl sites for hydroxylation is 2. The van der Waals surface area contributed by atoms with Crippen LogP contribution in [0.15, 0.2) is 116 Å². The zero-order valence-corrected chi connectivity index (χ0v) is 67.9. The maximum atomic E-state index is 12.7. The molecule has 10 aromatic rings. The predicted octanol–water partition coefficient (Wildman–Crippen LogP) is 11.9. The van der Waals surface area contributed by atoms with Crippen LogP contribution in [0, 0.1) is 19.8 Å². The molecule has 11 heterocycles. The van der Waals surface area contributed by atoms with Gasteiger partial charge in [-0.3, -0.25) is 29.1 Å². The van der Waals surface area contributed by atoms with Crippen molar-refractivity contribution in [1.29, 1.82) is 0 Å². The van der Waals surface area contributed by atoms with Crippen molar-refractivity contribution in [3.63, 3.8) is 0 Å². The first-order chi connectivity index (χ1) is 49.3. The van der Waals surface area contributed by atoms with E-state index in [1.807, 2.05) is 77.2 Å². The number of carboxylic acids is 1. The molecule has 4 fully saturated rings. The summed E-state index contributed by atoms with van der Waals surface area (Å²) in [7, 11) is 0. The van der Waals surface area contributed by atoms with Crippen LogP contribution in [0.1, 0.15) is 62.1 Å². The van der Waals surface area contributed by atoms with Crippen molar-refractivity contribution in [3.8, 4) is 0 Å². The van der Waals surface area contributed by atoms with Gasteiger partial charge in [0.15, 0.2) is 16.9 Å². The molecule has 0 spiro atoms. The number of fused-ring (bicyclic) bond motifs is 3. The first kappa shape index (κ1) is 89.2. The van der Waals surface area contributed by atoms with Crippen molar-refractivity contribution in [2.75, 3.05) is 94.2 Å². The molecular formula is C70H77BCl11N17NaO6. The average Bonchev–Trinajstić information content (AvgIpc) is 1.70. The van der Waals surface area contributed by atoms with Crippen LogP contribution in [0.25, 0.3) is 33.1 Å². The van der Waals surface area contributed by atoms with Gasteiger partial charge in [-0.1, -0.05) is 125 Å². The third-order valence-electron chi connectivity index (χ3n) is 17.4. The van der Waals surface area contributed by atoms with Crippen molar-refractivity contribution in [2.24, 2.45) is 5.92 Å². The Balaban J connectivity index is 0.000000239. The molecule has 3 aliphatic heterocycles. The van der Waals surface area contributed by atoms with Crippen molar-refractivity contribution in [3.05, 3.63) is 184 Å². The number of nitrogens with one attached hydrogen (secondary N) is 1. The van der Waals surface area contributed by atoms with Gasteiger partial charge >= 0.3 is 35.5 Å². The molecule has 4 aliphatic rings. The van der Waals surface area contributed by atoms with Crippen molar-refractivity contribution < 1.29 is 60.4 Å². The molecule has 3 radical (unpaired) electrons. The van der Waals surface area contributed by atoms with Gasteiger partial charge in [-0.2, -0.15) is 15.3 Å². The zero-order valence-electron chi connectivity index (χ0n) is 58.6. The molecule has 8 aromatic heterocycles.